The van der Waals surface area contributed by atoms with E-state index in [0.717, 1.165) is 12.1 Å². The predicted molar refractivity (Wildman–Crippen MR) is 50.1 cm³/mol. The van der Waals surface area contributed by atoms with Crippen LogP contribution in [0.2, 0.25) is 0 Å². The van der Waals surface area contributed by atoms with Crippen molar-refractivity contribution in [1.29, 1.82) is 0 Å². The molecule has 0 saturated carbocycles. The molecule has 0 radical (unpaired) electrons. The summed E-state index contributed by atoms with van der Waals surface area (Å²) in [6, 6.07) is 2.59. The molecule has 2 nitrogen and oxygen atoms in total. The molecule has 0 aromatic heterocycles. The molecule has 0 aliphatic rings. The van der Waals surface area contributed by atoms with Crippen molar-refractivity contribution in [3.8, 4) is 12.3 Å². The molecule has 0 saturated heterocycles. The molecule has 78 valence electrons. The standard InChI is InChI=1S/C11H8F2O2/c1-3-7(2)15-11(14)9-5-4-8(12)6-10(9)13/h1,4-7H,2H3. The topological polar surface area (TPSA) is 26.3 Å². The van der Waals surface area contributed by atoms with Crippen LogP contribution in [-0.2, 0) is 4.74 Å². The van der Waals surface area contributed by atoms with Crippen LogP contribution >= 0.6 is 0 Å². The van der Waals surface area contributed by atoms with Crippen LogP contribution in [0, 0.1) is 24.0 Å². The average Bonchev–Trinajstić information content (AvgIpc) is 2.17. The van der Waals surface area contributed by atoms with E-state index in [0.29, 0.717) is 6.07 Å². The smallest absolute Gasteiger partial charge is 0.342 e. The van der Waals surface area contributed by atoms with Gasteiger partial charge in [-0.25, -0.2) is 13.6 Å². The molecule has 0 aliphatic heterocycles. The Labute approximate surface area is 85.9 Å². The fourth-order valence-corrected chi connectivity index (χ4v) is 0.913. The molecule has 0 fully saturated rings. The van der Waals surface area contributed by atoms with E-state index in [9.17, 15) is 13.6 Å². The summed E-state index contributed by atoms with van der Waals surface area (Å²) in [5, 5.41) is 0. The van der Waals surface area contributed by atoms with Crippen LogP contribution in [0.1, 0.15) is 17.3 Å². The summed E-state index contributed by atoms with van der Waals surface area (Å²) in [4.78, 5) is 11.3. The summed E-state index contributed by atoms with van der Waals surface area (Å²) < 4.78 is 30.2. The molecule has 1 unspecified atom stereocenters. The number of hydrogen-bond acceptors (Lipinski definition) is 2. The lowest BCUT2D eigenvalue weighted by Gasteiger charge is -2.07. The molecule has 1 aromatic rings. The molecule has 1 atom stereocenters. The lowest BCUT2D eigenvalue weighted by Crippen LogP contribution is -2.14. The van der Waals surface area contributed by atoms with Crippen molar-refractivity contribution in [3.05, 3.63) is 35.4 Å². The van der Waals surface area contributed by atoms with Gasteiger partial charge in [0.1, 0.15) is 11.6 Å². The monoisotopic (exact) mass is 210 g/mol. The van der Waals surface area contributed by atoms with E-state index in [2.05, 4.69) is 10.7 Å². The van der Waals surface area contributed by atoms with Gasteiger partial charge >= 0.3 is 5.97 Å². The third-order valence-electron chi connectivity index (χ3n) is 1.67. The molecule has 0 N–H and O–H groups in total. The Morgan fingerprint density at radius 2 is 2.20 bits per heavy atom. The van der Waals surface area contributed by atoms with Crippen LogP contribution in [0.25, 0.3) is 0 Å². The minimum Gasteiger partial charge on any atom is -0.446 e. The second-order valence-corrected chi connectivity index (χ2v) is 2.84. The van der Waals surface area contributed by atoms with Crippen molar-refractivity contribution >= 4 is 5.97 Å². The summed E-state index contributed by atoms with van der Waals surface area (Å²) in [6.45, 7) is 1.47. The minimum atomic E-state index is -0.968. The molecular formula is C11H8F2O2. The van der Waals surface area contributed by atoms with Gasteiger partial charge in [0.05, 0.1) is 5.56 Å². The van der Waals surface area contributed by atoms with Gasteiger partial charge in [0.25, 0.3) is 0 Å². The number of halogens is 2. The summed E-state index contributed by atoms with van der Waals surface area (Å²) in [5.41, 5.74) is -0.335. The molecule has 15 heavy (non-hydrogen) atoms. The fourth-order valence-electron chi connectivity index (χ4n) is 0.913. The average molecular weight is 210 g/mol. The van der Waals surface area contributed by atoms with E-state index in [1.54, 1.807) is 0 Å². The number of carbonyl (C=O) groups excluding carboxylic acids is 1. The zero-order valence-electron chi connectivity index (χ0n) is 7.96. The summed E-state index contributed by atoms with van der Waals surface area (Å²) >= 11 is 0. The van der Waals surface area contributed by atoms with Gasteiger partial charge in [-0.3, -0.25) is 0 Å². The first-order valence-corrected chi connectivity index (χ1v) is 4.16. The number of terminal acetylenes is 1. The second kappa shape index (κ2) is 4.56. The van der Waals surface area contributed by atoms with Crippen LogP contribution in [0.4, 0.5) is 8.78 Å². The highest BCUT2D eigenvalue weighted by molar-refractivity contribution is 5.89. The quantitative estimate of drug-likeness (QED) is 0.552. The molecule has 0 spiro atoms. The van der Waals surface area contributed by atoms with Crippen molar-refractivity contribution in [2.24, 2.45) is 0 Å². The Morgan fingerprint density at radius 1 is 1.53 bits per heavy atom. The van der Waals surface area contributed by atoms with Gasteiger partial charge in [0, 0.05) is 6.07 Å². The molecular weight excluding hydrogens is 202 g/mol. The second-order valence-electron chi connectivity index (χ2n) is 2.84. The van der Waals surface area contributed by atoms with Gasteiger partial charge in [0.15, 0.2) is 6.10 Å². The van der Waals surface area contributed by atoms with E-state index < -0.39 is 23.7 Å². The number of rotatable bonds is 2. The highest BCUT2D eigenvalue weighted by atomic mass is 19.1. The zero-order chi connectivity index (χ0) is 11.4. The van der Waals surface area contributed by atoms with Gasteiger partial charge in [-0.2, -0.15) is 0 Å². The Morgan fingerprint density at radius 3 is 2.73 bits per heavy atom. The number of esters is 1. The van der Waals surface area contributed by atoms with Gasteiger partial charge in [0.2, 0.25) is 0 Å². The number of ether oxygens (including phenoxy) is 1. The normalized spacial score (nSPS) is 11.6. The van der Waals surface area contributed by atoms with Crippen LogP contribution in [0.5, 0.6) is 0 Å². The van der Waals surface area contributed by atoms with Crippen molar-refractivity contribution < 1.29 is 18.3 Å². The highest BCUT2D eigenvalue weighted by Crippen LogP contribution is 2.11. The third kappa shape index (κ3) is 2.78. The van der Waals surface area contributed by atoms with E-state index in [4.69, 9.17) is 6.42 Å². The fraction of sp³-hybridized carbons (Fsp3) is 0.182. The van der Waals surface area contributed by atoms with Crippen molar-refractivity contribution in [2.45, 2.75) is 13.0 Å². The Bertz CT molecular complexity index is 421. The summed E-state index contributed by atoms with van der Waals surface area (Å²) in [6.07, 6.45) is 4.23. The summed E-state index contributed by atoms with van der Waals surface area (Å²) in [7, 11) is 0. The Kier molecular flexibility index (Phi) is 3.40. The predicted octanol–water partition coefficient (Wildman–Crippen LogP) is 2.14. The van der Waals surface area contributed by atoms with Gasteiger partial charge in [-0.05, 0) is 19.1 Å². The number of carbonyl (C=O) groups is 1. The maximum atomic E-state index is 13.1. The van der Waals surface area contributed by atoms with Crippen molar-refractivity contribution in [2.75, 3.05) is 0 Å². The van der Waals surface area contributed by atoms with Crippen LogP contribution in [0.3, 0.4) is 0 Å². The minimum absolute atomic E-state index is 0.335. The maximum absolute atomic E-state index is 13.1. The molecule has 0 aliphatic carbocycles. The molecule has 0 amide bonds. The first-order chi connectivity index (χ1) is 7.04. The van der Waals surface area contributed by atoms with Crippen LogP contribution < -0.4 is 0 Å². The molecule has 0 bridgehead atoms. The first kappa shape index (κ1) is 11.2. The van der Waals surface area contributed by atoms with Crippen molar-refractivity contribution in [3.63, 3.8) is 0 Å². The van der Waals surface area contributed by atoms with Gasteiger partial charge < -0.3 is 4.74 Å². The Hall–Kier alpha value is -1.89. The zero-order valence-corrected chi connectivity index (χ0v) is 7.96. The van der Waals surface area contributed by atoms with E-state index >= 15 is 0 Å². The highest BCUT2D eigenvalue weighted by Gasteiger charge is 2.15. The van der Waals surface area contributed by atoms with Crippen LogP contribution in [-0.4, -0.2) is 12.1 Å². The molecule has 0 heterocycles. The first-order valence-electron chi connectivity index (χ1n) is 4.16. The molecule has 1 rings (SSSR count). The molecule has 4 heteroatoms. The van der Waals surface area contributed by atoms with Crippen LogP contribution in [0.15, 0.2) is 18.2 Å². The third-order valence-corrected chi connectivity index (χ3v) is 1.67. The van der Waals surface area contributed by atoms with Crippen molar-refractivity contribution in [1.82, 2.24) is 0 Å². The van der Waals surface area contributed by atoms with Gasteiger partial charge in [-0.1, -0.05) is 5.92 Å². The molecule has 1 aromatic carbocycles. The Balaban J connectivity index is 2.88. The SMILES string of the molecule is C#CC(C)OC(=O)c1ccc(F)cc1F. The van der Waals surface area contributed by atoms with Gasteiger partial charge in [-0.15, -0.1) is 6.42 Å². The number of hydrogen-bond donors (Lipinski definition) is 0. The lowest BCUT2D eigenvalue weighted by atomic mass is 10.2. The van der Waals surface area contributed by atoms with E-state index in [1.807, 2.05) is 0 Å². The largest absolute Gasteiger partial charge is 0.446 e. The summed E-state index contributed by atoms with van der Waals surface area (Å²) in [5.74, 6) is -0.472. The number of benzene rings is 1. The van der Waals surface area contributed by atoms with E-state index in [1.165, 1.54) is 6.92 Å². The lowest BCUT2D eigenvalue weighted by molar-refractivity contribution is 0.0433. The maximum Gasteiger partial charge on any atom is 0.342 e. The van der Waals surface area contributed by atoms with E-state index in [-0.39, 0.29) is 5.56 Å².